The molecule has 1 unspecified atom stereocenters. The highest BCUT2D eigenvalue weighted by Gasteiger charge is 2.31. The molecule has 0 aromatic carbocycles. The van der Waals surface area contributed by atoms with Gasteiger partial charge < -0.3 is 35.8 Å². The first-order valence-electron chi connectivity index (χ1n) is 12.5. The summed E-state index contributed by atoms with van der Waals surface area (Å²) in [6, 6.07) is 3.38. The Bertz CT molecular complexity index is 871. The summed E-state index contributed by atoms with van der Waals surface area (Å²) in [5.74, 6) is 1.26. The number of ether oxygens (including phenoxy) is 2. The Kier molecular flexibility index (Phi) is 9.80. The Morgan fingerprint density at radius 2 is 2.11 bits per heavy atom. The van der Waals surface area contributed by atoms with E-state index >= 15 is 0 Å². The number of hydrogen-bond acceptors (Lipinski definition) is 8. The van der Waals surface area contributed by atoms with Crippen LogP contribution in [0.4, 0.5) is 5.82 Å². The number of rotatable bonds is 13. The Hall–Kier alpha value is -2.78. The largest absolute Gasteiger partial charge is 0.511 e. The van der Waals surface area contributed by atoms with Gasteiger partial charge in [-0.25, -0.2) is 4.98 Å². The fourth-order valence-corrected chi connectivity index (χ4v) is 4.66. The first kappa shape index (κ1) is 26.8. The average molecular weight is 488 g/mol. The molecule has 0 radical (unpaired) electrons. The minimum atomic E-state index is -0.487. The van der Waals surface area contributed by atoms with E-state index in [0.717, 1.165) is 36.5 Å². The van der Waals surface area contributed by atoms with Crippen molar-refractivity contribution in [3.05, 3.63) is 42.9 Å². The molecule has 1 amide bonds. The zero-order valence-corrected chi connectivity index (χ0v) is 21.1. The maximum absolute atomic E-state index is 12.4. The first-order chi connectivity index (χ1) is 16.8. The summed E-state index contributed by atoms with van der Waals surface area (Å²) < 4.78 is 11.0. The van der Waals surface area contributed by atoms with E-state index in [-0.39, 0.29) is 42.4 Å². The van der Waals surface area contributed by atoms with Crippen LogP contribution in [0.1, 0.15) is 45.4 Å². The number of nitrogens with one attached hydrogen (secondary N) is 4. The molecule has 9 nitrogen and oxygen atoms in total. The minimum Gasteiger partial charge on any atom is -0.511 e. The molecule has 3 rings (SSSR count). The van der Waals surface area contributed by atoms with Crippen LogP contribution >= 0.6 is 0 Å². The van der Waals surface area contributed by atoms with Crippen molar-refractivity contribution in [2.24, 2.45) is 5.41 Å². The van der Waals surface area contributed by atoms with E-state index < -0.39 is 6.04 Å². The molecule has 2 fully saturated rings. The van der Waals surface area contributed by atoms with Crippen LogP contribution in [-0.4, -0.2) is 67.5 Å². The Labute approximate surface area is 208 Å². The Morgan fingerprint density at radius 3 is 2.83 bits per heavy atom. The lowest BCUT2D eigenvalue weighted by atomic mass is 9.73. The van der Waals surface area contributed by atoms with Crippen LogP contribution in [0.15, 0.2) is 42.9 Å². The number of anilines is 1. The van der Waals surface area contributed by atoms with E-state index in [1.54, 1.807) is 19.4 Å². The predicted molar refractivity (Wildman–Crippen MR) is 137 cm³/mol. The van der Waals surface area contributed by atoms with Gasteiger partial charge in [-0.15, -0.1) is 0 Å². The summed E-state index contributed by atoms with van der Waals surface area (Å²) in [5, 5.41) is 22.9. The second-order valence-electron chi connectivity index (χ2n) is 9.83. The highest BCUT2D eigenvalue weighted by molar-refractivity contribution is 5.77. The molecule has 1 aliphatic carbocycles. The molecule has 9 heteroatoms. The minimum absolute atomic E-state index is 0.00256. The zero-order chi connectivity index (χ0) is 25.3. The molecule has 35 heavy (non-hydrogen) atoms. The lowest BCUT2D eigenvalue weighted by molar-refractivity contribution is -0.127. The van der Waals surface area contributed by atoms with Crippen molar-refractivity contribution in [3.63, 3.8) is 0 Å². The van der Waals surface area contributed by atoms with Gasteiger partial charge in [-0.3, -0.25) is 4.79 Å². The standard InChI is InChI=1S/C26H41N5O4/c1-18(32)23(31-19(2)26(3)9-6-5-7-10-26)16-30-25(33)17-35-22-12-20(28-15-22)14-29-24-13-21(34-4)8-11-27-24/h8,11,13,20,22-23,28,31-32H,1-2,5-7,9-10,12,14-17H2,3-4H3,(H,27,29)(H,30,33)/t20-,22+,23?/m0/s1. The van der Waals surface area contributed by atoms with E-state index in [2.05, 4.69) is 46.3 Å². The number of carbonyl (C=O) groups is 1. The number of allylic oxidation sites excluding steroid dienone is 1. The zero-order valence-electron chi connectivity index (χ0n) is 21.1. The van der Waals surface area contributed by atoms with Gasteiger partial charge in [-0.1, -0.05) is 39.3 Å². The number of pyridine rings is 1. The van der Waals surface area contributed by atoms with Crippen molar-refractivity contribution in [1.82, 2.24) is 20.9 Å². The number of methoxy groups -OCH3 is 1. The van der Waals surface area contributed by atoms with Gasteiger partial charge in [0.1, 0.15) is 30.0 Å². The molecule has 0 bridgehead atoms. The summed E-state index contributed by atoms with van der Waals surface area (Å²) >= 11 is 0. The monoisotopic (exact) mass is 487 g/mol. The second kappa shape index (κ2) is 12.8. The molecule has 2 heterocycles. The van der Waals surface area contributed by atoms with Crippen LogP contribution in [0, 0.1) is 5.41 Å². The average Bonchev–Trinajstić information content (AvgIpc) is 3.32. The fourth-order valence-electron chi connectivity index (χ4n) is 4.66. The Balaban J connectivity index is 1.35. The topological polar surface area (TPSA) is 117 Å². The van der Waals surface area contributed by atoms with E-state index in [1.807, 2.05) is 6.07 Å². The molecule has 1 saturated carbocycles. The summed E-state index contributed by atoms with van der Waals surface area (Å²) in [4.78, 5) is 16.7. The Morgan fingerprint density at radius 1 is 1.34 bits per heavy atom. The van der Waals surface area contributed by atoms with Gasteiger partial charge in [0, 0.05) is 49.1 Å². The van der Waals surface area contributed by atoms with Gasteiger partial charge in [0.15, 0.2) is 0 Å². The highest BCUT2D eigenvalue weighted by atomic mass is 16.5. The van der Waals surface area contributed by atoms with Crippen molar-refractivity contribution in [2.75, 3.05) is 38.7 Å². The molecule has 194 valence electrons. The van der Waals surface area contributed by atoms with Gasteiger partial charge in [0.25, 0.3) is 0 Å². The number of aromatic nitrogens is 1. The maximum Gasteiger partial charge on any atom is 0.246 e. The molecule has 0 spiro atoms. The summed E-state index contributed by atoms with van der Waals surface area (Å²) in [7, 11) is 1.63. The van der Waals surface area contributed by atoms with E-state index in [4.69, 9.17) is 9.47 Å². The quantitative estimate of drug-likeness (QED) is 0.270. The summed E-state index contributed by atoms with van der Waals surface area (Å²) in [6.07, 6.45) is 8.21. The molecule has 5 N–H and O–H groups in total. The van der Waals surface area contributed by atoms with Crippen LogP contribution in [0.2, 0.25) is 0 Å². The molecular formula is C26H41N5O4. The van der Waals surface area contributed by atoms with Gasteiger partial charge in [0.2, 0.25) is 5.91 Å². The number of aliphatic hydroxyl groups excluding tert-OH is 1. The van der Waals surface area contributed by atoms with Crippen molar-refractivity contribution >= 4 is 11.7 Å². The number of nitrogens with zero attached hydrogens (tertiary/aromatic N) is 1. The van der Waals surface area contributed by atoms with Crippen LogP contribution in [0.3, 0.4) is 0 Å². The van der Waals surface area contributed by atoms with Crippen molar-refractivity contribution in [3.8, 4) is 5.75 Å². The summed E-state index contributed by atoms with van der Waals surface area (Å²) in [6.45, 7) is 11.6. The lowest BCUT2D eigenvalue weighted by Crippen LogP contribution is -2.45. The van der Waals surface area contributed by atoms with E-state index in [1.165, 1.54) is 19.3 Å². The molecule has 1 aliphatic heterocycles. The van der Waals surface area contributed by atoms with Crippen molar-refractivity contribution in [1.29, 1.82) is 0 Å². The number of carbonyl (C=O) groups excluding carboxylic acids is 1. The van der Waals surface area contributed by atoms with Crippen LogP contribution in [0.5, 0.6) is 5.75 Å². The molecule has 1 saturated heterocycles. The van der Waals surface area contributed by atoms with Crippen LogP contribution in [0.25, 0.3) is 0 Å². The normalized spacial score (nSPS) is 22.1. The van der Waals surface area contributed by atoms with Crippen molar-refractivity contribution < 1.29 is 19.4 Å². The number of aliphatic hydroxyl groups is 1. The smallest absolute Gasteiger partial charge is 0.246 e. The first-order valence-corrected chi connectivity index (χ1v) is 12.5. The third kappa shape index (κ3) is 8.14. The fraction of sp³-hybridized carbons (Fsp3) is 0.615. The molecule has 1 aromatic rings. The lowest BCUT2D eigenvalue weighted by Gasteiger charge is -2.37. The summed E-state index contributed by atoms with van der Waals surface area (Å²) in [5.41, 5.74) is 0.895. The third-order valence-corrected chi connectivity index (χ3v) is 7.07. The maximum atomic E-state index is 12.4. The van der Waals surface area contributed by atoms with E-state index in [0.29, 0.717) is 13.1 Å². The molecular weight excluding hydrogens is 446 g/mol. The van der Waals surface area contributed by atoms with Gasteiger partial charge in [-0.2, -0.15) is 0 Å². The van der Waals surface area contributed by atoms with E-state index in [9.17, 15) is 9.90 Å². The molecule has 3 atom stereocenters. The molecule has 2 aliphatic rings. The molecule has 1 aromatic heterocycles. The number of hydrogen-bond donors (Lipinski definition) is 5. The van der Waals surface area contributed by atoms with Crippen LogP contribution < -0.4 is 26.0 Å². The van der Waals surface area contributed by atoms with Gasteiger partial charge >= 0.3 is 0 Å². The van der Waals surface area contributed by atoms with Crippen LogP contribution in [-0.2, 0) is 9.53 Å². The van der Waals surface area contributed by atoms with Gasteiger partial charge in [-0.05, 0) is 25.3 Å². The number of amides is 1. The third-order valence-electron chi connectivity index (χ3n) is 7.07. The van der Waals surface area contributed by atoms with Crippen molar-refractivity contribution in [2.45, 2.75) is 63.6 Å². The predicted octanol–water partition coefficient (Wildman–Crippen LogP) is 2.88. The van der Waals surface area contributed by atoms with Gasteiger partial charge in [0.05, 0.1) is 13.2 Å². The second-order valence-corrected chi connectivity index (χ2v) is 9.83. The highest BCUT2D eigenvalue weighted by Crippen LogP contribution is 2.40. The SMILES string of the molecule is C=C(O)C(CNC(=O)CO[C@H]1CN[C@H](CNc2cc(OC)ccn2)C1)NC(=C)C1(C)CCCCC1.